The Labute approximate surface area is 110 Å². The van der Waals surface area contributed by atoms with Gasteiger partial charge in [0.2, 0.25) is 0 Å². The summed E-state index contributed by atoms with van der Waals surface area (Å²) in [5.41, 5.74) is -0.625. The number of carboxylic acids is 1. The lowest BCUT2D eigenvalue weighted by Gasteiger charge is -2.41. The van der Waals surface area contributed by atoms with Gasteiger partial charge in [-0.1, -0.05) is 0 Å². The molecular formula is C14H27NO3. The predicted molar refractivity (Wildman–Crippen MR) is 71.7 cm³/mol. The van der Waals surface area contributed by atoms with Crippen molar-refractivity contribution in [3.63, 3.8) is 0 Å². The standard InChI is InChI=1S/C14H27NO3/c1-11(7-9-18-4)15-8-5-6-12(10-15)14(2,3)13(16)17/h11-12H,5-10H2,1-4H3,(H,16,17). The Balaban J connectivity index is 2.58. The highest BCUT2D eigenvalue weighted by Gasteiger charge is 2.39. The highest BCUT2D eigenvalue weighted by atomic mass is 16.5. The van der Waals surface area contributed by atoms with Gasteiger partial charge in [-0.15, -0.1) is 0 Å². The van der Waals surface area contributed by atoms with E-state index in [1.54, 1.807) is 7.11 Å². The Morgan fingerprint density at radius 3 is 2.78 bits per heavy atom. The Kier molecular flexibility index (Phi) is 5.60. The Morgan fingerprint density at radius 1 is 1.56 bits per heavy atom. The van der Waals surface area contributed by atoms with E-state index in [1.807, 2.05) is 13.8 Å². The first-order chi connectivity index (χ1) is 8.39. The summed E-state index contributed by atoms with van der Waals surface area (Å²) in [6.07, 6.45) is 3.13. The number of hydrogen-bond acceptors (Lipinski definition) is 3. The first kappa shape index (κ1) is 15.4. The van der Waals surface area contributed by atoms with Crippen LogP contribution in [0, 0.1) is 11.3 Å². The van der Waals surface area contributed by atoms with Gasteiger partial charge in [0.1, 0.15) is 0 Å². The molecular weight excluding hydrogens is 230 g/mol. The Hall–Kier alpha value is -0.610. The molecule has 0 saturated carbocycles. The third-order valence-electron chi connectivity index (χ3n) is 4.39. The second kappa shape index (κ2) is 6.53. The average Bonchev–Trinajstić information content (AvgIpc) is 2.35. The zero-order valence-corrected chi connectivity index (χ0v) is 12.1. The number of piperidine rings is 1. The third-order valence-corrected chi connectivity index (χ3v) is 4.39. The molecule has 1 heterocycles. The number of methoxy groups -OCH3 is 1. The highest BCUT2D eigenvalue weighted by Crippen LogP contribution is 2.34. The molecule has 1 aliphatic heterocycles. The normalized spacial score (nSPS) is 23.9. The lowest BCUT2D eigenvalue weighted by molar-refractivity contribution is -0.151. The lowest BCUT2D eigenvalue weighted by atomic mass is 9.74. The van der Waals surface area contributed by atoms with E-state index in [-0.39, 0.29) is 5.92 Å². The molecule has 0 aromatic carbocycles. The molecule has 1 N–H and O–H groups in total. The quantitative estimate of drug-likeness (QED) is 0.793. The van der Waals surface area contributed by atoms with Crippen molar-refractivity contribution in [1.82, 2.24) is 4.90 Å². The van der Waals surface area contributed by atoms with Crippen molar-refractivity contribution in [3.05, 3.63) is 0 Å². The topological polar surface area (TPSA) is 49.8 Å². The van der Waals surface area contributed by atoms with Crippen molar-refractivity contribution in [2.75, 3.05) is 26.8 Å². The molecule has 1 fully saturated rings. The van der Waals surface area contributed by atoms with E-state index < -0.39 is 11.4 Å². The van der Waals surface area contributed by atoms with Gasteiger partial charge in [-0.25, -0.2) is 0 Å². The molecule has 0 aliphatic carbocycles. The molecule has 0 radical (unpaired) electrons. The number of ether oxygens (including phenoxy) is 1. The van der Waals surface area contributed by atoms with Crippen LogP contribution in [0.3, 0.4) is 0 Å². The molecule has 0 aromatic heterocycles. The van der Waals surface area contributed by atoms with Gasteiger partial charge in [0.05, 0.1) is 5.41 Å². The molecule has 4 nitrogen and oxygen atoms in total. The number of carbonyl (C=O) groups is 1. The molecule has 1 saturated heterocycles. The fourth-order valence-corrected chi connectivity index (χ4v) is 2.64. The van der Waals surface area contributed by atoms with Crippen molar-refractivity contribution in [2.45, 2.75) is 46.1 Å². The van der Waals surface area contributed by atoms with E-state index >= 15 is 0 Å². The first-order valence-electron chi connectivity index (χ1n) is 6.86. The van der Waals surface area contributed by atoms with E-state index in [0.29, 0.717) is 6.04 Å². The maximum Gasteiger partial charge on any atom is 0.309 e. The van der Waals surface area contributed by atoms with Crippen LogP contribution < -0.4 is 0 Å². The zero-order chi connectivity index (χ0) is 13.8. The second-order valence-electron chi connectivity index (χ2n) is 5.99. The number of nitrogens with zero attached hydrogens (tertiary/aromatic N) is 1. The summed E-state index contributed by atoms with van der Waals surface area (Å²) in [7, 11) is 1.72. The summed E-state index contributed by atoms with van der Waals surface area (Å²) >= 11 is 0. The van der Waals surface area contributed by atoms with Crippen LogP contribution in [-0.4, -0.2) is 48.8 Å². The van der Waals surface area contributed by atoms with Crippen molar-refractivity contribution in [2.24, 2.45) is 11.3 Å². The summed E-state index contributed by atoms with van der Waals surface area (Å²) in [4.78, 5) is 13.7. The Morgan fingerprint density at radius 2 is 2.22 bits per heavy atom. The van der Waals surface area contributed by atoms with Gasteiger partial charge >= 0.3 is 5.97 Å². The summed E-state index contributed by atoms with van der Waals surface area (Å²) < 4.78 is 5.11. The van der Waals surface area contributed by atoms with E-state index in [9.17, 15) is 9.90 Å². The van der Waals surface area contributed by atoms with E-state index in [1.165, 1.54) is 0 Å². The number of carboxylic acid groups (broad SMARTS) is 1. The summed E-state index contributed by atoms with van der Waals surface area (Å²) in [6, 6.07) is 0.470. The minimum Gasteiger partial charge on any atom is -0.481 e. The maximum absolute atomic E-state index is 11.3. The second-order valence-corrected chi connectivity index (χ2v) is 5.99. The minimum absolute atomic E-state index is 0.244. The zero-order valence-electron chi connectivity index (χ0n) is 12.1. The van der Waals surface area contributed by atoms with Gasteiger partial charge in [0.15, 0.2) is 0 Å². The minimum atomic E-state index is -0.682. The van der Waals surface area contributed by atoms with Gasteiger partial charge in [-0.2, -0.15) is 0 Å². The van der Waals surface area contributed by atoms with Crippen LogP contribution in [0.1, 0.15) is 40.0 Å². The van der Waals surface area contributed by atoms with Crippen molar-refractivity contribution in [1.29, 1.82) is 0 Å². The fraction of sp³-hybridized carbons (Fsp3) is 0.929. The monoisotopic (exact) mass is 257 g/mol. The predicted octanol–water partition coefficient (Wildman–Crippen LogP) is 2.23. The fourth-order valence-electron chi connectivity index (χ4n) is 2.64. The van der Waals surface area contributed by atoms with Gasteiger partial charge in [-0.05, 0) is 52.5 Å². The van der Waals surface area contributed by atoms with Crippen LogP contribution >= 0.6 is 0 Å². The van der Waals surface area contributed by atoms with Crippen molar-refractivity contribution < 1.29 is 14.6 Å². The van der Waals surface area contributed by atoms with E-state index in [2.05, 4.69) is 11.8 Å². The maximum atomic E-state index is 11.3. The van der Waals surface area contributed by atoms with Crippen LogP contribution in [-0.2, 0) is 9.53 Å². The Bertz CT molecular complexity index is 278. The lowest BCUT2D eigenvalue weighted by Crippen LogP contribution is -2.47. The van der Waals surface area contributed by atoms with E-state index in [0.717, 1.165) is 39.0 Å². The van der Waals surface area contributed by atoms with Gasteiger partial charge in [0.25, 0.3) is 0 Å². The number of hydrogen-bond donors (Lipinski definition) is 1. The molecule has 0 amide bonds. The molecule has 1 rings (SSSR count). The molecule has 1 aliphatic rings. The summed E-state index contributed by atoms with van der Waals surface area (Å²) in [5.74, 6) is -0.437. The molecule has 4 heteroatoms. The van der Waals surface area contributed by atoms with Crippen molar-refractivity contribution >= 4 is 5.97 Å². The molecule has 0 aromatic rings. The van der Waals surface area contributed by atoms with E-state index in [4.69, 9.17) is 4.74 Å². The smallest absolute Gasteiger partial charge is 0.309 e. The third kappa shape index (κ3) is 3.69. The first-order valence-corrected chi connectivity index (χ1v) is 6.86. The molecule has 2 atom stereocenters. The molecule has 0 bridgehead atoms. The van der Waals surface area contributed by atoms with Crippen LogP contribution in [0.25, 0.3) is 0 Å². The van der Waals surface area contributed by atoms with Gasteiger partial charge in [0, 0.05) is 26.3 Å². The van der Waals surface area contributed by atoms with Crippen molar-refractivity contribution in [3.8, 4) is 0 Å². The molecule has 106 valence electrons. The number of aliphatic carboxylic acids is 1. The van der Waals surface area contributed by atoms with Gasteiger partial charge < -0.3 is 14.7 Å². The average molecular weight is 257 g/mol. The van der Waals surface area contributed by atoms with Crippen LogP contribution in [0.15, 0.2) is 0 Å². The summed E-state index contributed by atoms with van der Waals surface area (Å²) in [6.45, 7) is 8.65. The van der Waals surface area contributed by atoms with Gasteiger partial charge in [-0.3, -0.25) is 4.79 Å². The highest BCUT2D eigenvalue weighted by molar-refractivity contribution is 5.74. The molecule has 0 spiro atoms. The summed E-state index contributed by atoms with van der Waals surface area (Å²) in [5, 5.41) is 9.32. The van der Waals surface area contributed by atoms with Crippen LogP contribution in [0.5, 0.6) is 0 Å². The van der Waals surface area contributed by atoms with Crippen LogP contribution in [0.4, 0.5) is 0 Å². The SMILES string of the molecule is COCCC(C)N1CCCC(C(C)(C)C(=O)O)C1. The number of rotatable bonds is 6. The molecule has 2 unspecified atom stereocenters. The molecule has 18 heavy (non-hydrogen) atoms. The van der Waals surface area contributed by atoms with Crippen LogP contribution in [0.2, 0.25) is 0 Å². The number of likely N-dealkylation sites (tertiary alicyclic amines) is 1. The largest absolute Gasteiger partial charge is 0.481 e.